The summed E-state index contributed by atoms with van der Waals surface area (Å²) < 4.78 is 0. The van der Waals surface area contributed by atoms with E-state index in [4.69, 9.17) is 5.26 Å². The number of likely N-dealkylation sites (N-methyl/N-ethyl adjacent to an activating group) is 1. The van der Waals surface area contributed by atoms with E-state index in [1.54, 1.807) is 30.4 Å². The van der Waals surface area contributed by atoms with Crippen molar-refractivity contribution in [1.29, 1.82) is 5.26 Å². The van der Waals surface area contributed by atoms with Gasteiger partial charge in [-0.2, -0.15) is 5.26 Å². The van der Waals surface area contributed by atoms with Crippen LogP contribution in [0.5, 0.6) is 0 Å². The Hall–Kier alpha value is -2.74. The molecule has 5 nitrogen and oxygen atoms in total. The third-order valence-electron chi connectivity index (χ3n) is 2.93. The average molecular weight is 266 g/mol. The number of nitrogens with zero attached hydrogens (tertiary/aromatic N) is 4. The maximum atomic E-state index is 12.2. The molecule has 0 N–H and O–H groups in total. The number of carbonyl (C=O) groups excluding carboxylic acids is 1. The molecule has 0 unspecified atom stereocenters. The third kappa shape index (κ3) is 3.39. The number of rotatable bonds is 4. The van der Waals surface area contributed by atoms with Crippen molar-refractivity contribution in [1.82, 2.24) is 14.9 Å². The highest BCUT2D eigenvalue weighted by molar-refractivity contribution is 5.94. The van der Waals surface area contributed by atoms with Crippen molar-refractivity contribution in [3.63, 3.8) is 0 Å². The van der Waals surface area contributed by atoms with Crippen LogP contribution in [0.3, 0.4) is 0 Å². The summed E-state index contributed by atoms with van der Waals surface area (Å²) in [6.07, 6.45) is 5.73. The zero-order valence-electron chi connectivity index (χ0n) is 11.2. The van der Waals surface area contributed by atoms with Crippen LogP contribution in [0, 0.1) is 11.3 Å². The summed E-state index contributed by atoms with van der Waals surface area (Å²) in [6.45, 7) is 0.592. The Morgan fingerprint density at radius 1 is 1.40 bits per heavy atom. The molecule has 0 spiro atoms. The molecule has 0 aromatic carbocycles. The molecule has 100 valence electrons. The molecule has 0 fully saturated rings. The van der Waals surface area contributed by atoms with Crippen molar-refractivity contribution in [2.75, 3.05) is 13.6 Å². The van der Waals surface area contributed by atoms with Crippen molar-refractivity contribution < 1.29 is 4.79 Å². The van der Waals surface area contributed by atoms with E-state index in [1.165, 1.54) is 12.3 Å². The number of hydrogen-bond donors (Lipinski definition) is 0. The van der Waals surface area contributed by atoms with E-state index in [1.807, 2.05) is 18.2 Å². The Labute approximate surface area is 117 Å². The second-order valence-corrected chi connectivity index (χ2v) is 4.38. The fraction of sp³-hybridized carbons (Fsp3) is 0.200. The molecule has 0 atom stereocenters. The van der Waals surface area contributed by atoms with Crippen molar-refractivity contribution >= 4 is 5.91 Å². The molecule has 20 heavy (non-hydrogen) atoms. The molecule has 0 aliphatic heterocycles. The van der Waals surface area contributed by atoms with E-state index in [9.17, 15) is 4.79 Å². The minimum absolute atomic E-state index is 0.118. The first kappa shape index (κ1) is 13.7. The van der Waals surface area contributed by atoms with E-state index < -0.39 is 0 Å². The predicted molar refractivity (Wildman–Crippen MR) is 73.9 cm³/mol. The van der Waals surface area contributed by atoms with E-state index in [2.05, 4.69) is 9.97 Å². The van der Waals surface area contributed by atoms with Gasteiger partial charge in [0, 0.05) is 37.7 Å². The smallest absolute Gasteiger partial charge is 0.253 e. The van der Waals surface area contributed by atoms with Crippen molar-refractivity contribution in [3.05, 3.63) is 59.7 Å². The van der Waals surface area contributed by atoms with Crippen molar-refractivity contribution in [2.24, 2.45) is 0 Å². The van der Waals surface area contributed by atoms with Crippen LogP contribution >= 0.6 is 0 Å². The van der Waals surface area contributed by atoms with E-state index in [-0.39, 0.29) is 11.6 Å². The zero-order chi connectivity index (χ0) is 14.4. The van der Waals surface area contributed by atoms with Crippen LogP contribution in [0.15, 0.2) is 42.9 Å². The lowest BCUT2D eigenvalue weighted by atomic mass is 10.2. The molecule has 0 aliphatic carbocycles. The summed E-state index contributed by atoms with van der Waals surface area (Å²) in [5.41, 5.74) is 1.81. The monoisotopic (exact) mass is 266 g/mol. The van der Waals surface area contributed by atoms with Gasteiger partial charge in [0.1, 0.15) is 11.8 Å². The molecular weight excluding hydrogens is 252 g/mol. The van der Waals surface area contributed by atoms with Gasteiger partial charge < -0.3 is 4.90 Å². The van der Waals surface area contributed by atoms with Gasteiger partial charge in [-0.05, 0) is 30.2 Å². The highest BCUT2D eigenvalue weighted by Crippen LogP contribution is 2.06. The van der Waals surface area contributed by atoms with Crippen LogP contribution in [0.4, 0.5) is 0 Å². The van der Waals surface area contributed by atoms with Gasteiger partial charge >= 0.3 is 0 Å². The molecule has 2 heterocycles. The quantitative estimate of drug-likeness (QED) is 0.844. The number of carbonyl (C=O) groups is 1. The lowest BCUT2D eigenvalue weighted by molar-refractivity contribution is 0.0796. The maximum absolute atomic E-state index is 12.2. The van der Waals surface area contributed by atoms with Crippen LogP contribution in [0.25, 0.3) is 0 Å². The first-order valence-electron chi connectivity index (χ1n) is 6.21. The Morgan fingerprint density at radius 3 is 2.95 bits per heavy atom. The lowest BCUT2D eigenvalue weighted by Crippen LogP contribution is -2.29. The molecule has 2 aromatic rings. The predicted octanol–water partition coefficient (Wildman–Crippen LogP) is 1.66. The summed E-state index contributed by atoms with van der Waals surface area (Å²) in [7, 11) is 1.74. The highest BCUT2D eigenvalue weighted by Gasteiger charge is 2.12. The zero-order valence-corrected chi connectivity index (χ0v) is 11.2. The Balaban J connectivity index is 2.00. The first-order chi connectivity index (χ1) is 9.70. The molecule has 5 heteroatoms. The summed E-state index contributed by atoms with van der Waals surface area (Å²) in [5, 5.41) is 8.79. The van der Waals surface area contributed by atoms with Gasteiger partial charge in [0.05, 0.1) is 0 Å². The largest absolute Gasteiger partial charge is 0.341 e. The highest BCUT2D eigenvalue weighted by atomic mass is 16.2. The van der Waals surface area contributed by atoms with Gasteiger partial charge in [0.2, 0.25) is 0 Å². The molecule has 0 radical (unpaired) electrons. The summed E-state index contributed by atoms with van der Waals surface area (Å²) in [5.74, 6) is -0.118. The molecule has 0 saturated carbocycles. The summed E-state index contributed by atoms with van der Waals surface area (Å²) in [4.78, 5) is 21.7. The first-order valence-corrected chi connectivity index (χ1v) is 6.21. The second kappa shape index (κ2) is 6.43. The van der Waals surface area contributed by atoms with Crippen LogP contribution < -0.4 is 0 Å². The molecule has 0 saturated heterocycles. The van der Waals surface area contributed by atoms with Gasteiger partial charge in [-0.25, -0.2) is 4.98 Å². The van der Waals surface area contributed by atoms with Gasteiger partial charge in [0.15, 0.2) is 0 Å². The van der Waals surface area contributed by atoms with Crippen LogP contribution in [0.2, 0.25) is 0 Å². The third-order valence-corrected chi connectivity index (χ3v) is 2.93. The number of aromatic nitrogens is 2. The van der Waals surface area contributed by atoms with E-state index in [0.29, 0.717) is 12.1 Å². The topological polar surface area (TPSA) is 69.9 Å². The molecule has 0 aliphatic rings. The fourth-order valence-corrected chi connectivity index (χ4v) is 1.79. The summed E-state index contributed by atoms with van der Waals surface area (Å²) in [6, 6.07) is 8.90. The molecule has 2 rings (SSSR count). The molecule has 0 bridgehead atoms. The molecule has 1 amide bonds. The minimum atomic E-state index is -0.118. The van der Waals surface area contributed by atoms with Crippen LogP contribution in [-0.4, -0.2) is 34.4 Å². The van der Waals surface area contributed by atoms with E-state index >= 15 is 0 Å². The minimum Gasteiger partial charge on any atom is -0.341 e. The average Bonchev–Trinajstić information content (AvgIpc) is 2.53. The van der Waals surface area contributed by atoms with Crippen molar-refractivity contribution in [2.45, 2.75) is 6.42 Å². The van der Waals surface area contributed by atoms with Crippen molar-refractivity contribution in [3.8, 4) is 6.07 Å². The van der Waals surface area contributed by atoms with E-state index in [0.717, 1.165) is 12.0 Å². The summed E-state index contributed by atoms with van der Waals surface area (Å²) >= 11 is 0. The number of amides is 1. The Bertz CT molecular complexity index is 634. The Morgan fingerprint density at radius 2 is 2.25 bits per heavy atom. The SMILES string of the molecule is CN(CCc1cccnc1)C(=O)c1ccnc(C#N)c1. The van der Waals surface area contributed by atoms with Gasteiger partial charge in [-0.3, -0.25) is 9.78 Å². The Kier molecular flexibility index (Phi) is 4.40. The number of nitriles is 1. The second-order valence-electron chi connectivity index (χ2n) is 4.38. The van der Waals surface area contributed by atoms with Gasteiger partial charge in [-0.15, -0.1) is 0 Å². The molecule has 2 aromatic heterocycles. The van der Waals surface area contributed by atoms with Gasteiger partial charge in [0.25, 0.3) is 5.91 Å². The standard InChI is InChI=1S/C15H14N4O/c1-19(8-5-12-3-2-6-17-11-12)15(20)13-4-7-18-14(9-13)10-16/h2-4,6-7,9,11H,5,8H2,1H3. The number of pyridine rings is 2. The fourth-order valence-electron chi connectivity index (χ4n) is 1.79. The van der Waals surface area contributed by atoms with Gasteiger partial charge in [-0.1, -0.05) is 6.07 Å². The number of hydrogen-bond acceptors (Lipinski definition) is 4. The maximum Gasteiger partial charge on any atom is 0.253 e. The van der Waals surface area contributed by atoms with Crippen LogP contribution in [-0.2, 0) is 6.42 Å². The normalized spacial score (nSPS) is 9.80. The lowest BCUT2D eigenvalue weighted by Gasteiger charge is -2.17. The molecular formula is C15H14N4O. The van der Waals surface area contributed by atoms with Crippen LogP contribution in [0.1, 0.15) is 21.6 Å².